The van der Waals surface area contributed by atoms with Crippen molar-refractivity contribution >= 4 is 51.6 Å². The first-order chi connectivity index (χ1) is 11.1. The zero-order chi connectivity index (χ0) is 16.3. The molecule has 2 aromatic carbocycles. The SMILES string of the molecule is COc1ccccc1NC(N)=NCC1(c2ccccc2Br)CC1.I. The Balaban J connectivity index is 0.00000208. The van der Waals surface area contributed by atoms with Gasteiger partial charge in [-0.15, -0.1) is 24.0 Å². The summed E-state index contributed by atoms with van der Waals surface area (Å²) in [5, 5.41) is 3.12. The molecule has 24 heavy (non-hydrogen) atoms. The first-order valence-electron chi connectivity index (χ1n) is 7.60. The Kier molecular flexibility index (Phi) is 6.51. The summed E-state index contributed by atoms with van der Waals surface area (Å²) in [6.07, 6.45) is 2.28. The third kappa shape index (κ3) is 4.22. The van der Waals surface area contributed by atoms with E-state index in [1.807, 2.05) is 30.3 Å². The third-order valence-corrected chi connectivity index (χ3v) is 4.91. The zero-order valence-electron chi connectivity index (χ0n) is 13.5. The van der Waals surface area contributed by atoms with Crippen molar-refractivity contribution in [3.8, 4) is 5.75 Å². The fraction of sp³-hybridized carbons (Fsp3) is 0.278. The van der Waals surface area contributed by atoms with Gasteiger partial charge in [0.25, 0.3) is 0 Å². The van der Waals surface area contributed by atoms with Gasteiger partial charge < -0.3 is 15.8 Å². The predicted molar refractivity (Wildman–Crippen MR) is 114 cm³/mol. The molecule has 0 saturated heterocycles. The van der Waals surface area contributed by atoms with E-state index in [-0.39, 0.29) is 29.4 Å². The molecule has 3 rings (SSSR count). The van der Waals surface area contributed by atoms with Crippen LogP contribution in [-0.4, -0.2) is 19.6 Å². The van der Waals surface area contributed by atoms with Crippen LogP contribution in [0.25, 0.3) is 0 Å². The van der Waals surface area contributed by atoms with Crippen LogP contribution >= 0.6 is 39.9 Å². The molecular formula is C18H21BrIN3O. The minimum absolute atomic E-state index is 0. The smallest absolute Gasteiger partial charge is 0.193 e. The Morgan fingerprint density at radius 3 is 2.54 bits per heavy atom. The molecule has 3 N–H and O–H groups in total. The number of nitrogens with one attached hydrogen (secondary N) is 1. The summed E-state index contributed by atoms with van der Waals surface area (Å²) in [6.45, 7) is 0.684. The third-order valence-electron chi connectivity index (χ3n) is 4.22. The van der Waals surface area contributed by atoms with Crippen LogP contribution in [0.4, 0.5) is 5.69 Å². The number of aliphatic imine (C=N–C) groups is 1. The number of para-hydroxylation sites is 2. The van der Waals surface area contributed by atoms with E-state index in [9.17, 15) is 0 Å². The molecule has 1 aliphatic rings. The van der Waals surface area contributed by atoms with Crippen LogP contribution < -0.4 is 15.8 Å². The molecule has 6 heteroatoms. The van der Waals surface area contributed by atoms with Crippen molar-refractivity contribution in [2.24, 2.45) is 10.7 Å². The van der Waals surface area contributed by atoms with Crippen LogP contribution in [0.5, 0.6) is 5.75 Å². The molecule has 0 bridgehead atoms. The lowest BCUT2D eigenvalue weighted by Crippen LogP contribution is -2.25. The lowest BCUT2D eigenvalue weighted by molar-refractivity contribution is 0.417. The van der Waals surface area contributed by atoms with Crippen LogP contribution in [0, 0.1) is 0 Å². The summed E-state index contributed by atoms with van der Waals surface area (Å²) >= 11 is 3.64. The Bertz CT molecular complexity index is 732. The summed E-state index contributed by atoms with van der Waals surface area (Å²) in [5.41, 5.74) is 8.31. The monoisotopic (exact) mass is 501 g/mol. The Morgan fingerprint density at radius 1 is 1.21 bits per heavy atom. The lowest BCUT2D eigenvalue weighted by Gasteiger charge is -2.16. The summed E-state index contributed by atoms with van der Waals surface area (Å²) in [7, 11) is 1.64. The topological polar surface area (TPSA) is 59.6 Å². The fourth-order valence-electron chi connectivity index (χ4n) is 2.72. The van der Waals surface area contributed by atoms with Gasteiger partial charge in [0.2, 0.25) is 0 Å². The quantitative estimate of drug-likeness (QED) is 0.359. The van der Waals surface area contributed by atoms with Gasteiger partial charge in [-0.1, -0.05) is 46.3 Å². The second-order valence-electron chi connectivity index (χ2n) is 5.79. The lowest BCUT2D eigenvalue weighted by atomic mass is 9.96. The second-order valence-corrected chi connectivity index (χ2v) is 6.64. The van der Waals surface area contributed by atoms with E-state index in [1.165, 1.54) is 5.56 Å². The molecule has 0 spiro atoms. The van der Waals surface area contributed by atoms with Crippen molar-refractivity contribution in [3.05, 3.63) is 58.6 Å². The highest BCUT2D eigenvalue weighted by Crippen LogP contribution is 2.50. The van der Waals surface area contributed by atoms with Gasteiger partial charge in [-0.3, -0.25) is 4.99 Å². The molecule has 0 atom stereocenters. The number of benzene rings is 2. The summed E-state index contributed by atoms with van der Waals surface area (Å²) in [6, 6.07) is 16.0. The van der Waals surface area contributed by atoms with E-state index in [4.69, 9.17) is 10.5 Å². The average molecular weight is 502 g/mol. The van der Waals surface area contributed by atoms with Gasteiger partial charge in [-0.05, 0) is 36.6 Å². The molecule has 2 aromatic rings. The van der Waals surface area contributed by atoms with E-state index < -0.39 is 0 Å². The van der Waals surface area contributed by atoms with Crippen molar-refractivity contribution in [1.29, 1.82) is 0 Å². The van der Waals surface area contributed by atoms with Crippen LogP contribution in [0.1, 0.15) is 18.4 Å². The number of ether oxygens (including phenoxy) is 1. The predicted octanol–water partition coefficient (Wildman–Crippen LogP) is 4.53. The van der Waals surface area contributed by atoms with Gasteiger partial charge in [0.15, 0.2) is 5.96 Å². The van der Waals surface area contributed by atoms with Crippen LogP contribution in [-0.2, 0) is 5.41 Å². The van der Waals surface area contributed by atoms with Crippen molar-refractivity contribution in [2.45, 2.75) is 18.3 Å². The van der Waals surface area contributed by atoms with Crippen molar-refractivity contribution in [3.63, 3.8) is 0 Å². The number of anilines is 1. The normalized spacial score (nSPS) is 15.3. The summed E-state index contributed by atoms with van der Waals surface area (Å²) < 4.78 is 6.45. The molecule has 0 heterocycles. The maximum absolute atomic E-state index is 6.05. The van der Waals surface area contributed by atoms with E-state index >= 15 is 0 Å². The molecule has 4 nitrogen and oxygen atoms in total. The maximum atomic E-state index is 6.05. The highest BCUT2D eigenvalue weighted by Gasteiger charge is 2.45. The number of halogens is 2. The van der Waals surface area contributed by atoms with E-state index in [2.05, 4.69) is 44.4 Å². The molecule has 0 aromatic heterocycles. The molecule has 1 saturated carbocycles. The summed E-state index contributed by atoms with van der Waals surface area (Å²) in [5.74, 6) is 1.16. The van der Waals surface area contributed by atoms with Gasteiger partial charge in [0, 0.05) is 9.89 Å². The highest BCUT2D eigenvalue weighted by molar-refractivity contribution is 14.0. The minimum atomic E-state index is 0. The number of rotatable bonds is 5. The second kappa shape index (κ2) is 8.20. The molecule has 0 aliphatic heterocycles. The van der Waals surface area contributed by atoms with Crippen molar-refractivity contribution < 1.29 is 4.74 Å². The van der Waals surface area contributed by atoms with Gasteiger partial charge >= 0.3 is 0 Å². The number of nitrogens with two attached hydrogens (primary N) is 1. The number of methoxy groups -OCH3 is 1. The Hall–Kier alpha value is -1.28. The summed E-state index contributed by atoms with van der Waals surface area (Å²) in [4.78, 5) is 4.55. The van der Waals surface area contributed by atoms with Crippen LogP contribution in [0.3, 0.4) is 0 Å². The van der Waals surface area contributed by atoms with E-state index in [1.54, 1.807) is 7.11 Å². The first kappa shape index (κ1) is 19.1. The number of hydrogen-bond acceptors (Lipinski definition) is 2. The van der Waals surface area contributed by atoms with Crippen LogP contribution in [0.2, 0.25) is 0 Å². The molecule has 0 amide bonds. The standard InChI is InChI=1S/C18H20BrN3O.HI/c1-23-16-9-5-4-8-15(16)22-17(20)21-12-18(10-11-18)13-6-2-3-7-14(13)19;/h2-9H,10-12H2,1H3,(H3,20,21,22);1H. The molecule has 0 unspecified atom stereocenters. The molecule has 0 radical (unpaired) electrons. The first-order valence-corrected chi connectivity index (χ1v) is 8.39. The van der Waals surface area contributed by atoms with Gasteiger partial charge in [-0.25, -0.2) is 0 Å². The average Bonchev–Trinajstić information content (AvgIpc) is 3.35. The molecule has 1 aliphatic carbocycles. The maximum Gasteiger partial charge on any atom is 0.193 e. The minimum Gasteiger partial charge on any atom is -0.495 e. The Labute approximate surface area is 168 Å². The van der Waals surface area contributed by atoms with Gasteiger partial charge in [-0.2, -0.15) is 0 Å². The molecule has 128 valence electrons. The number of hydrogen-bond donors (Lipinski definition) is 2. The van der Waals surface area contributed by atoms with Crippen LogP contribution in [0.15, 0.2) is 58.0 Å². The van der Waals surface area contributed by atoms with Gasteiger partial charge in [0.1, 0.15) is 5.75 Å². The Morgan fingerprint density at radius 2 is 1.88 bits per heavy atom. The van der Waals surface area contributed by atoms with Crippen molar-refractivity contribution in [2.75, 3.05) is 19.0 Å². The van der Waals surface area contributed by atoms with E-state index in [0.717, 1.165) is 28.8 Å². The number of nitrogens with zero attached hydrogens (tertiary/aromatic N) is 1. The largest absolute Gasteiger partial charge is 0.495 e. The van der Waals surface area contributed by atoms with E-state index in [0.29, 0.717) is 12.5 Å². The zero-order valence-corrected chi connectivity index (χ0v) is 17.4. The molecular weight excluding hydrogens is 481 g/mol. The number of guanidine groups is 1. The molecule has 1 fully saturated rings. The highest BCUT2D eigenvalue weighted by atomic mass is 127. The fourth-order valence-corrected chi connectivity index (χ4v) is 3.42. The van der Waals surface area contributed by atoms with Gasteiger partial charge in [0.05, 0.1) is 19.3 Å². The van der Waals surface area contributed by atoms with Crippen molar-refractivity contribution in [1.82, 2.24) is 0 Å².